The van der Waals surface area contributed by atoms with E-state index in [1.165, 1.54) is 0 Å². The first-order valence-electron chi connectivity index (χ1n) is 5.98. The SMILES string of the molecule is ClCCc1nnc(C2CCOc3ccccc32)o1. The lowest BCUT2D eigenvalue weighted by Crippen LogP contribution is -2.15. The highest BCUT2D eigenvalue weighted by Gasteiger charge is 2.27. The molecule has 0 bridgehead atoms. The van der Waals surface area contributed by atoms with Gasteiger partial charge in [-0.05, 0) is 12.5 Å². The van der Waals surface area contributed by atoms with E-state index < -0.39 is 0 Å². The van der Waals surface area contributed by atoms with Gasteiger partial charge < -0.3 is 9.15 Å². The molecule has 1 aliphatic heterocycles. The number of nitrogens with zero attached hydrogens (tertiary/aromatic N) is 2. The quantitative estimate of drug-likeness (QED) is 0.800. The van der Waals surface area contributed by atoms with Crippen molar-refractivity contribution in [2.75, 3.05) is 12.5 Å². The van der Waals surface area contributed by atoms with Crippen LogP contribution in [0.15, 0.2) is 28.7 Å². The van der Waals surface area contributed by atoms with Crippen LogP contribution in [0.25, 0.3) is 0 Å². The van der Waals surface area contributed by atoms with Crippen molar-refractivity contribution in [3.05, 3.63) is 41.6 Å². The summed E-state index contributed by atoms with van der Waals surface area (Å²) in [4.78, 5) is 0. The molecule has 0 fully saturated rings. The molecule has 1 unspecified atom stereocenters. The summed E-state index contributed by atoms with van der Waals surface area (Å²) in [5.74, 6) is 2.79. The minimum absolute atomic E-state index is 0.131. The molecule has 1 aromatic heterocycles. The predicted octanol–water partition coefficient (Wildman–Crippen LogP) is 2.77. The Labute approximate surface area is 110 Å². The predicted molar refractivity (Wildman–Crippen MR) is 67.1 cm³/mol. The topological polar surface area (TPSA) is 48.2 Å². The van der Waals surface area contributed by atoms with Crippen LogP contribution in [0.1, 0.15) is 29.7 Å². The van der Waals surface area contributed by atoms with E-state index in [9.17, 15) is 0 Å². The molecule has 0 amide bonds. The van der Waals surface area contributed by atoms with Crippen molar-refractivity contribution in [2.24, 2.45) is 0 Å². The number of aromatic nitrogens is 2. The van der Waals surface area contributed by atoms with Crippen LogP contribution >= 0.6 is 11.6 Å². The van der Waals surface area contributed by atoms with Gasteiger partial charge in [-0.2, -0.15) is 0 Å². The van der Waals surface area contributed by atoms with Crippen molar-refractivity contribution in [2.45, 2.75) is 18.8 Å². The van der Waals surface area contributed by atoms with Gasteiger partial charge in [0, 0.05) is 17.9 Å². The van der Waals surface area contributed by atoms with Gasteiger partial charge >= 0.3 is 0 Å². The molecule has 18 heavy (non-hydrogen) atoms. The summed E-state index contributed by atoms with van der Waals surface area (Å²) in [6, 6.07) is 7.98. The van der Waals surface area contributed by atoms with E-state index in [2.05, 4.69) is 10.2 Å². The van der Waals surface area contributed by atoms with Crippen LogP contribution < -0.4 is 4.74 Å². The second kappa shape index (κ2) is 4.98. The summed E-state index contributed by atoms with van der Waals surface area (Å²) >= 11 is 5.66. The van der Waals surface area contributed by atoms with Gasteiger partial charge in [-0.3, -0.25) is 0 Å². The van der Waals surface area contributed by atoms with Crippen LogP contribution in [0, 0.1) is 0 Å². The molecular weight excluding hydrogens is 252 g/mol. The lowest BCUT2D eigenvalue weighted by atomic mass is 9.93. The number of benzene rings is 1. The third-order valence-electron chi connectivity index (χ3n) is 3.05. The van der Waals surface area contributed by atoms with Gasteiger partial charge in [-0.25, -0.2) is 0 Å². The van der Waals surface area contributed by atoms with Crippen LogP contribution in [-0.4, -0.2) is 22.7 Å². The van der Waals surface area contributed by atoms with E-state index >= 15 is 0 Å². The maximum Gasteiger partial charge on any atom is 0.224 e. The average molecular weight is 265 g/mol. The molecule has 1 aliphatic rings. The normalized spacial score (nSPS) is 18.2. The number of halogens is 1. The lowest BCUT2D eigenvalue weighted by Gasteiger charge is -2.23. The van der Waals surface area contributed by atoms with Gasteiger partial charge in [0.05, 0.1) is 12.5 Å². The Kier molecular flexibility index (Phi) is 3.19. The van der Waals surface area contributed by atoms with E-state index in [-0.39, 0.29) is 5.92 Å². The first-order valence-corrected chi connectivity index (χ1v) is 6.52. The summed E-state index contributed by atoms with van der Waals surface area (Å²) < 4.78 is 11.3. The van der Waals surface area contributed by atoms with E-state index in [0.29, 0.717) is 30.7 Å². The molecule has 5 heteroatoms. The van der Waals surface area contributed by atoms with Gasteiger partial charge in [0.25, 0.3) is 0 Å². The van der Waals surface area contributed by atoms with Crippen molar-refractivity contribution >= 4 is 11.6 Å². The number of fused-ring (bicyclic) bond motifs is 1. The monoisotopic (exact) mass is 264 g/mol. The molecule has 1 aromatic carbocycles. The fourth-order valence-corrected chi connectivity index (χ4v) is 2.35. The van der Waals surface area contributed by atoms with Crippen molar-refractivity contribution < 1.29 is 9.15 Å². The van der Waals surface area contributed by atoms with Crippen LogP contribution in [0.5, 0.6) is 5.75 Å². The van der Waals surface area contributed by atoms with Crippen molar-refractivity contribution in [3.8, 4) is 5.75 Å². The number of hydrogen-bond donors (Lipinski definition) is 0. The summed E-state index contributed by atoms with van der Waals surface area (Å²) in [6.45, 7) is 0.675. The summed E-state index contributed by atoms with van der Waals surface area (Å²) in [5.41, 5.74) is 1.12. The zero-order valence-electron chi connectivity index (χ0n) is 9.80. The summed E-state index contributed by atoms with van der Waals surface area (Å²) in [6.07, 6.45) is 1.47. The van der Waals surface area contributed by atoms with Gasteiger partial charge in [-0.1, -0.05) is 18.2 Å². The molecule has 1 atom stereocenters. The Hall–Kier alpha value is -1.55. The molecule has 0 saturated heterocycles. The van der Waals surface area contributed by atoms with Crippen LogP contribution in [0.3, 0.4) is 0 Å². The minimum atomic E-state index is 0.131. The summed E-state index contributed by atoms with van der Waals surface area (Å²) in [7, 11) is 0. The lowest BCUT2D eigenvalue weighted by molar-refractivity contribution is 0.264. The molecule has 0 N–H and O–H groups in total. The first-order chi connectivity index (χ1) is 8.88. The number of ether oxygens (including phenoxy) is 1. The third-order valence-corrected chi connectivity index (χ3v) is 3.24. The average Bonchev–Trinajstić information content (AvgIpc) is 2.87. The molecule has 94 valence electrons. The van der Waals surface area contributed by atoms with E-state index in [4.69, 9.17) is 20.8 Å². The number of alkyl halides is 1. The van der Waals surface area contributed by atoms with Gasteiger partial charge in [0.2, 0.25) is 11.8 Å². The molecule has 0 radical (unpaired) electrons. The Balaban J connectivity index is 1.92. The highest BCUT2D eigenvalue weighted by molar-refractivity contribution is 6.17. The highest BCUT2D eigenvalue weighted by atomic mass is 35.5. The molecular formula is C13H13ClN2O2. The molecule has 2 aromatic rings. The maximum atomic E-state index is 5.66. The van der Waals surface area contributed by atoms with Gasteiger partial charge in [-0.15, -0.1) is 21.8 Å². The standard InChI is InChI=1S/C13H13ClN2O2/c14-7-5-12-15-16-13(18-12)10-6-8-17-11-4-2-1-3-9(10)11/h1-4,10H,5-8H2. The Morgan fingerprint density at radius 1 is 1.28 bits per heavy atom. The second-order valence-electron chi connectivity index (χ2n) is 4.20. The number of aryl methyl sites for hydroxylation is 1. The van der Waals surface area contributed by atoms with Crippen molar-refractivity contribution in [1.29, 1.82) is 0 Å². The molecule has 3 rings (SSSR count). The Morgan fingerprint density at radius 3 is 3.06 bits per heavy atom. The maximum absolute atomic E-state index is 5.66. The fourth-order valence-electron chi connectivity index (χ4n) is 2.19. The Morgan fingerprint density at radius 2 is 2.17 bits per heavy atom. The van der Waals surface area contributed by atoms with Gasteiger partial charge in [0.1, 0.15) is 5.75 Å². The van der Waals surface area contributed by atoms with Crippen LogP contribution in [0.2, 0.25) is 0 Å². The minimum Gasteiger partial charge on any atom is -0.493 e. The van der Waals surface area contributed by atoms with E-state index in [0.717, 1.165) is 17.7 Å². The smallest absolute Gasteiger partial charge is 0.224 e. The second-order valence-corrected chi connectivity index (χ2v) is 4.58. The van der Waals surface area contributed by atoms with Crippen molar-refractivity contribution in [1.82, 2.24) is 10.2 Å². The first kappa shape index (κ1) is 11.5. The Bertz CT molecular complexity index is 541. The highest BCUT2D eigenvalue weighted by Crippen LogP contribution is 2.37. The molecule has 0 saturated carbocycles. The fraction of sp³-hybridized carbons (Fsp3) is 0.385. The van der Waals surface area contributed by atoms with Crippen molar-refractivity contribution in [3.63, 3.8) is 0 Å². The van der Waals surface area contributed by atoms with E-state index in [1.807, 2.05) is 24.3 Å². The number of para-hydroxylation sites is 1. The molecule has 4 nitrogen and oxygen atoms in total. The van der Waals surface area contributed by atoms with Crippen LogP contribution in [0.4, 0.5) is 0 Å². The third kappa shape index (κ3) is 2.08. The zero-order chi connectivity index (χ0) is 12.4. The summed E-state index contributed by atoms with van der Waals surface area (Å²) in [5, 5.41) is 8.14. The van der Waals surface area contributed by atoms with E-state index in [1.54, 1.807) is 0 Å². The number of hydrogen-bond acceptors (Lipinski definition) is 4. The number of rotatable bonds is 3. The largest absolute Gasteiger partial charge is 0.493 e. The molecule has 2 heterocycles. The zero-order valence-corrected chi connectivity index (χ0v) is 10.6. The molecule has 0 aliphatic carbocycles. The molecule has 0 spiro atoms. The van der Waals surface area contributed by atoms with Crippen LogP contribution in [-0.2, 0) is 6.42 Å². The van der Waals surface area contributed by atoms with Gasteiger partial charge in [0.15, 0.2) is 0 Å².